The highest BCUT2D eigenvalue weighted by Gasteiger charge is 2.21. The number of rotatable bonds is 5. The van der Waals surface area contributed by atoms with Crippen molar-refractivity contribution in [2.45, 2.75) is 12.5 Å². The van der Waals surface area contributed by atoms with Gasteiger partial charge in [0.25, 0.3) is 0 Å². The lowest BCUT2D eigenvalue weighted by molar-refractivity contribution is -0.121. The topological polar surface area (TPSA) is 46.9 Å². The lowest BCUT2D eigenvalue weighted by Gasteiger charge is -2.19. The SMILES string of the molecule is Cn1ccnc1[C@@H](NC(=O)Cc1c(Cl)cccc1Cl)c1ccccc1. The average Bonchev–Trinajstić information content (AvgIpc) is 3.03. The smallest absolute Gasteiger partial charge is 0.225 e. The minimum atomic E-state index is -0.352. The Balaban J connectivity index is 1.86. The quantitative estimate of drug-likeness (QED) is 0.729. The zero-order chi connectivity index (χ0) is 17.8. The van der Waals surface area contributed by atoms with Crippen LogP contribution in [0.15, 0.2) is 60.9 Å². The molecule has 2 aromatic carbocycles. The Bertz CT molecular complexity index is 857. The predicted molar refractivity (Wildman–Crippen MR) is 99.8 cm³/mol. The third-order valence-corrected chi connectivity index (χ3v) is 4.66. The molecule has 0 fully saturated rings. The maximum atomic E-state index is 12.6. The highest BCUT2D eigenvalue weighted by molar-refractivity contribution is 6.36. The fraction of sp³-hybridized carbons (Fsp3) is 0.158. The maximum Gasteiger partial charge on any atom is 0.225 e. The molecule has 0 saturated carbocycles. The summed E-state index contributed by atoms with van der Waals surface area (Å²) in [5.41, 5.74) is 1.57. The number of aromatic nitrogens is 2. The molecule has 0 spiro atoms. The van der Waals surface area contributed by atoms with Crippen molar-refractivity contribution in [3.8, 4) is 0 Å². The van der Waals surface area contributed by atoms with Crippen LogP contribution in [0.1, 0.15) is 23.0 Å². The molecular formula is C19H17Cl2N3O. The predicted octanol–water partition coefficient (Wildman–Crippen LogP) is 4.18. The molecule has 1 N–H and O–H groups in total. The van der Waals surface area contributed by atoms with Gasteiger partial charge < -0.3 is 9.88 Å². The first kappa shape index (κ1) is 17.5. The first-order valence-corrected chi connectivity index (χ1v) is 8.56. The van der Waals surface area contributed by atoms with Gasteiger partial charge >= 0.3 is 0 Å². The lowest BCUT2D eigenvalue weighted by atomic mass is 10.1. The van der Waals surface area contributed by atoms with Crippen molar-refractivity contribution in [2.24, 2.45) is 7.05 Å². The van der Waals surface area contributed by atoms with Gasteiger partial charge in [-0.25, -0.2) is 4.98 Å². The van der Waals surface area contributed by atoms with Crippen LogP contribution in [0, 0.1) is 0 Å². The third kappa shape index (κ3) is 4.03. The van der Waals surface area contributed by atoms with Crippen molar-refractivity contribution in [3.05, 3.63) is 87.9 Å². The Morgan fingerprint density at radius 1 is 1.12 bits per heavy atom. The summed E-state index contributed by atoms with van der Waals surface area (Å²) in [5, 5.41) is 4.00. The Labute approximate surface area is 156 Å². The maximum absolute atomic E-state index is 12.6. The van der Waals surface area contributed by atoms with Gasteiger partial charge in [0.15, 0.2) is 0 Å². The van der Waals surface area contributed by atoms with E-state index in [2.05, 4.69) is 10.3 Å². The van der Waals surface area contributed by atoms with Gasteiger partial charge in [-0.1, -0.05) is 59.6 Å². The second-order valence-electron chi connectivity index (χ2n) is 5.68. The first-order chi connectivity index (χ1) is 12.1. The number of imidazole rings is 1. The Morgan fingerprint density at radius 2 is 1.80 bits per heavy atom. The molecule has 1 amide bonds. The van der Waals surface area contributed by atoms with Crippen LogP contribution >= 0.6 is 23.2 Å². The average molecular weight is 374 g/mol. The molecule has 25 heavy (non-hydrogen) atoms. The Morgan fingerprint density at radius 3 is 2.40 bits per heavy atom. The van der Waals surface area contributed by atoms with Crippen LogP contribution in [0.4, 0.5) is 0 Å². The first-order valence-electron chi connectivity index (χ1n) is 7.80. The van der Waals surface area contributed by atoms with E-state index in [-0.39, 0.29) is 18.4 Å². The highest BCUT2D eigenvalue weighted by atomic mass is 35.5. The third-order valence-electron chi connectivity index (χ3n) is 3.95. The molecule has 128 valence electrons. The number of hydrogen-bond donors (Lipinski definition) is 1. The van der Waals surface area contributed by atoms with Gasteiger partial charge in [-0.15, -0.1) is 0 Å². The van der Waals surface area contributed by atoms with E-state index in [0.29, 0.717) is 15.6 Å². The molecule has 1 atom stereocenters. The molecule has 1 aromatic heterocycles. The van der Waals surface area contributed by atoms with Gasteiger partial charge in [-0.2, -0.15) is 0 Å². The fourth-order valence-corrected chi connectivity index (χ4v) is 3.20. The molecule has 0 unspecified atom stereocenters. The largest absolute Gasteiger partial charge is 0.342 e. The molecule has 0 aliphatic carbocycles. The molecule has 4 nitrogen and oxygen atoms in total. The number of hydrogen-bond acceptors (Lipinski definition) is 2. The van der Waals surface area contributed by atoms with E-state index in [0.717, 1.165) is 11.4 Å². The zero-order valence-electron chi connectivity index (χ0n) is 13.6. The van der Waals surface area contributed by atoms with Crippen molar-refractivity contribution in [3.63, 3.8) is 0 Å². The van der Waals surface area contributed by atoms with Crippen molar-refractivity contribution < 1.29 is 4.79 Å². The molecule has 1 heterocycles. The number of carbonyl (C=O) groups is 1. The van der Waals surface area contributed by atoms with Crippen LogP contribution in [0.5, 0.6) is 0 Å². The van der Waals surface area contributed by atoms with Crippen LogP contribution in [0.3, 0.4) is 0 Å². The molecule has 0 saturated heterocycles. The van der Waals surface area contributed by atoms with E-state index in [4.69, 9.17) is 23.2 Å². The van der Waals surface area contributed by atoms with E-state index in [9.17, 15) is 4.79 Å². The second-order valence-corrected chi connectivity index (χ2v) is 6.50. The van der Waals surface area contributed by atoms with Crippen molar-refractivity contribution in [1.29, 1.82) is 0 Å². The van der Waals surface area contributed by atoms with E-state index >= 15 is 0 Å². The Kier molecular flexibility index (Phi) is 5.41. The lowest BCUT2D eigenvalue weighted by Crippen LogP contribution is -2.32. The molecule has 0 aliphatic rings. The van der Waals surface area contributed by atoms with E-state index in [1.807, 2.05) is 48.1 Å². The highest BCUT2D eigenvalue weighted by Crippen LogP contribution is 2.26. The van der Waals surface area contributed by atoms with Crippen LogP contribution < -0.4 is 5.32 Å². The molecule has 0 aliphatic heterocycles. The fourth-order valence-electron chi connectivity index (χ4n) is 2.67. The van der Waals surface area contributed by atoms with Crippen molar-refractivity contribution >= 4 is 29.1 Å². The van der Waals surface area contributed by atoms with Gasteiger partial charge in [-0.05, 0) is 23.3 Å². The molecule has 0 radical (unpaired) electrons. The van der Waals surface area contributed by atoms with Crippen molar-refractivity contribution in [1.82, 2.24) is 14.9 Å². The summed E-state index contributed by atoms with van der Waals surface area (Å²) >= 11 is 12.3. The Hall–Kier alpha value is -2.30. The van der Waals surface area contributed by atoms with E-state index in [1.165, 1.54) is 0 Å². The minimum absolute atomic E-state index is 0.103. The summed E-state index contributed by atoms with van der Waals surface area (Å²) in [5.74, 6) is 0.580. The van der Waals surface area contributed by atoms with Gasteiger partial charge in [0.2, 0.25) is 5.91 Å². The number of aryl methyl sites for hydroxylation is 1. The standard InChI is InChI=1S/C19H17Cl2N3O/c1-24-11-10-22-19(24)18(13-6-3-2-4-7-13)23-17(25)12-14-15(20)8-5-9-16(14)21/h2-11,18H,12H2,1H3,(H,23,25)/t18-/m0/s1. The monoisotopic (exact) mass is 373 g/mol. The molecule has 3 rings (SSSR count). The van der Waals surface area contributed by atoms with Crippen LogP contribution in [0.2, 0.25) is 10.0 Å². The van der Waals surface area contributed by atoms with Crippen LogP contribution in [-0.2, 0) is 18.3 Å². The summed E-state index contributed by atoms with van der Waals surface area (Å²) in [7, 11) is 1.90. The van der Waals surface area contributed by atoms with E-state index in [1.54, 1.807) is 24.4 Å². The number of nitrogens with zero attached hydrogens (tertiary/aromatic N) is 2. The summed E-state index contributed by atoms with van der Waals surface area (Å²) in [6.07, 6.45) is 3.66. The van der Waals surface area contributed by atoms with Crippen LogP contribution in [0.25, 0.3) is 0 Å². The molecular weight excluding hydrogens is 357 g/mol. The van der Waals surface area contributed by atoms with Crippen molar-refractivity contribution in [2.75, 3.05) is 0 Å². The van der Waals surface area contributed by atoms with Gasteiger partial charge in [0.1, 0.15) is 11.9 Å². The number of carbonyl (C=O) groups excluding carboxylic acids is 1. The second kappa shape index (κ2) is 7.72. The number of halogens is 2. The molecule has 3 aromatic rings. The van der Waals surface area contributed by atoms with E-state index < -0.39 is 0 Å². The summed E-state index contributed by atoms with van der Waals surface area (Å²) < 4.78 is 1.89. The summed E-state index contributed by atoms with van der Waals surface area (Å²) in [6, 6.07) is 14.6. The van der Waals surface area contributed by atoms with Gasteiger partial charge in [0.05, 0.1) is 6.42 Å². The number of amides is 1. The number of nitrogens with one attached hydrogen (secondary N) is 1. The van der Waals surface area contributed by atoms with Gasteiger partial charge in [-0.3, -0.25) is 4.79 Å². The summed E-state index contributed by atoms with van der Waals surface area (Å²) in [4.78, 5) is 17.0. The molecule has 6 heteroatoms. The zero-order valence-corrected chi connectivity index (χ0v) is 15.1. The molecule has 0 bridgehead atoms. The van der Waals surface area contributed by atoms with Crippen LogP contribution in [-0.4, -0.2) is 15.5 Å². The normalized spacial score (nSPS) is 12.0. The number of benzene rings is 2. The minimum Gasteiger partial charge on any atom is -0.342 e. The summed E-state index contributed by atoms with van der Waals surface area (Å²) in [6.45, 7) is 0. The van der Waals surface area contributed by atoms with Gasteiger partial charge in [0, 0.05) is 29.5 Å².